The van der Waals surface area contributed by atoms with E-state index in [1.807, 2.05) is 0 Å². The number of ether oxygens (including phenoxy) is 1. The molecule has 9 nitrogen and oxygen atoms in total. The molecular formula is C17H17ClFN5O4. The molecule has 28 heavy (non-hydrogen) atoms. The number of pyridine rings is 1. The monoisotopic (exact) mass is 409 g/mol. The summed E-state index contributed by atoms with van der Waals surface area (Å²) in [5, 5.41) is 5.98. The van der Waals surface area contributed by atoms with E-state index in [2.05, 4.69) is 15.4 Å². The standard InChI is InChI=1S/C17H17ClFN5O4/c1-4-28-16(27)24-12-10(8-23(15(18)26)17(12,2)3)13(22-24)21-14(25)11-6-5-9(19)7-20-11/h5-7H,4,8H2,1-3H3,(H,21,22,25). The maximum atomic E-state index is 13.0. The van der Waals surface area contributed by atoms with Gasteiger partial charge in [-0.2, -0.15) is 4.68 Å². The van der Waals surface area contributed by atoms with Gasteiger partial charge in [0.25, 0.3) is 5.91 Å². The number of hydrogen-bond donors (Lipinski definition) is 1. The summed E-state index contributed by atoms with van der Waals surface area (Å²) in [7, 11) is 0. The van der Waals surface area contributed by atoms with Crippen LogP contribution in [0.2, 0.25) is 0 Å². The van der Waals surface area contributed by atoms with Gasteiger partial charge in [0, 0.05) is 5.56 Å². The predicted octanol–water partition coefficient (Wildman–Crippen LogP) is 3.08. The minimum absolute atomic E-state index is 0.0382. The molecule has 0 spiro atoms. The smallest absolute Gasteiger partial charge is 0.435 e. The number of amides is 2. The molecule has 1 N–H and O–H groups in total. The number of rotatable bonds is 3. The number of aromatic nitrogens is 3. The van der Waals surface area contributed by atoms with E-state index in [0.29, 0.717) is 11.3 Å². The van der Waals surface area contributed by atoms with Gasteiger partial charge < -0.3 is 15.0 Å². The van der Waals surface area contributed by atoms with Crippen LogP contribution in [0.1, 0.15) is 42.5 Å². The van der Waals surface area contributed by atoms with E-state index in [0.717, 1.165) is 16.9 Å². The Kier molecular flexibility index (Phi) is 5.07. The first kappa shape index (κ1) is 19.7. The summed E-state index contributed by atoms with van der Waals surface area (Å²) in [6, 6.07) is 2.31. The summed E-state index contributed by atoms with van der Waals surface area (Å²) in [5.74, 6) is -1.17. The van der Waals surface area contributed by atoms with Gasteiger partial charge in [-0.25, -0.2) is 14.2 Å². The van der Waals surface area contributed by atoms with Crippen molar-refractivity contribution in [3.63, 3.8) is 0 Å². The third-order valence-electron chi connectivity index (χ3n) is 4.40. The highest BCUT2D eigenvalue weighted by Crippen LogP contribution is 2.42. The molecule has 0 aliphatic carbocycles. The first-order valence-electron chi connectivity index (χ1n) is 8.36. The van der Waals surface area contributed by atoms with Crippen LogP contribution in [0.5, 0.6) is 0 Å². The largest absolute Gasteiger partial charge is 0.448 e. The zero-order valence-electron chi connectivity index (χ0n) is 15.3. The number of halogens is 2. The molecule has 0 fully saturated rings. The zero-order chi connectivity index (χ0) is 20.6. The second kappa shape index (κ2) is 7.19. The molecule has 0 bridgehead atoms. The quantitative estimate of drug-likeness (QED) is 0.616. The third-order valence-corrected chi connectivity index (χ3v) is 4.60. The topological polar surface area (TPSA) is 106 Å². The van der Waals surface area contributed by atoms with Crippen LogP contribution in [0.15, 0.2) is 18.3 Å². The molecular weight excluding hydrogens is 393 g/mol. The third kappa shape index (κ3) is 3.31. The molecule has 3 heterocycles. The van der Waals surface area contributed by atoms with E-state index < -0.39 is 28.7 Å². The SMILES string of the molecule is CCOC(=O)n1nc(NC(=O)c2ccc(F)cn2)c2c1C(C)(C)N(C(=O)Cl)C2. The Bertz CT molecular complexity index is 957. The molecule has 0 radical (unpaired) electrons. The Labute approximate surface area is 164 Å². The number of nitrogens with one attached hydrogen (secondary N) is 1. The van der Waals surface area contributed by atoms with E-state index in [-0.39, 0.29) is 24.7 Å². The molecule has 1 aliphatic rings. The van der Waals surface area contributed by atoms with Crippen LogP contribution in [-0.4, -0.2) is 43.6 Å². The summed E-state index contributed by atoms with van der Waals surface area (Å²) in [5.41, 5.74) is -0.182. The van der Waals surface area contributed by atoms with Crippen LogP contribution < -0.4 is 5.32 Å². The Hall–Kier alpha value is -3.01. The van der Waals surface area contributed by atoms with Crippen LogP contribution in [0.25, 0.3) is 0 Å². The molecule has 0 unspecified atom stereocenters. The fourth-order valence-electron chi connectivity index (χ4n) is 3.09. The lowest BCUT2D eigenvalue weighted by Gasteiger charge is -2.30. The maximum absolute atomic E-state index is 13.0. The number of carbonyl (C=O) groups excluding carboxylic acids is 3. The summed E-state index contributed by atoms with van der Waals surface area (Å²) in [4.78, 5) is 41.7. The predicted molar refractivity (Wildman–Crippen MR) is 96.6 cm³/mol. The van der Waals surface area contributed by atoms with Gasteiger partial charge in [-0.15, -0.1) is 5.10 Å². The van der Waals surface area contributed by atoms with Gasteiger partial charge in [0.15, 0.2) is 5.82 Å². The number of carbonyl (C=O) groups is 3. The summed E-state index contributed by atoms with van der Waals surface area (Å²) < 4.78 is 19.0. The van der Waals surface area contributed by atoms with Gasteiger partial charge in [-0.3, -0.25) is 9.59 Å². The number of anilines is 1. The molecule has 3 rings (SSSR count). The van der Waals surface area contributed by atoms with Crippen molar-refractivity contribution in [3.05, 3.63) is 41.1 Å². The lowest BCUT2D eigenvalue weighted by molar-refractivity contribution is 0.102. The summed E-state index contributed by atoms with van der Waals surface area (Å²) >= 11 is 5.69. The van der Waals surface area contributed by atoms with Crippen molar-refractivity contribution in [2.24, 2.45) is 0 Å². The molecule has 0 saturated heterocycles. The average molecular weight is 410 g/mol. The normalized spacial score (nSPS) is 14.5. The average Bonchev–Trinajstić information content (AvgIpc) is 3.11. The van der Waals surface area contributed by atoms with Gasteiger partial charge in [0.05, 0.1) is 30.6 Å². The molecule has 2 aromatic rings. The molecule has 11 heteroatoms. The van der Waals surface area contributed by atoms with Crippen LogP contribution >= 0.6 is 11.6 Å². The molecule has 148 valence electrons. The van der Waals surface area contributed by atoms with Gasteiger partial charge in [0.2, 0.25) is 0 Å². The molecule has 2 aromatic heterocycles. The van der Waals surface area contributed by atoms with E-state index in [1.54, 1.807) is 20.8 Å². The first-order chi connectivity index (χ1) is 13.2. The second-order valence-electron chi connectivity index (χ2n) is 6.50. The second-order valence-corrected chi connectivity index (χ2v) is 6.82. The van der Waals surface area contributed by atoms with Crippen molar-refractivity contribution in [2.45, 2.75) is 32.9 Å². The van der Waals surface area contributed by atoms with Gasteiger partial charge in [0.1, 0.15) is 11.5 Å². The molecule has 0 saturated carbocycles. The Morgan fingerprint density at radius 2 is 2.07 bits per heavy atom. The lowest BCUT2D eigenvalue weighted by atomic mass is 10.0. The number of nitrogens with zero attached hydrogens (tertiary/aromatic N) is 4. The summed E-state index contributed by atoms with van der Waals surface area (Å²) in [6.07, 6.45) is 0.157. The summed E-state index contributed by atoms with van der Waals surface area (Å²) in [6.45, 7) is 5.20. The van der Waals surface area contributed by atoms with E-state index in [4.69, 9.17) is 16.3 Å². The van der Waals surface area contributed by atoms with Crippen LogP contribution in [-0.2, 0) is 16.8 Å². The van der Waals surface area contributed by atoms with Gasteiger partial charge in [-0.05, 0) is 44.5 Å². The number of fused-ring (bicyclic) bond motifs is 1. The molecule has 0 atom stereocenters. The fourth-order valence-corrected chi connectivity index (χ4v) is 3.36. The molecule has 2 amide bonds. The van der Waals surface area contributed by atoms with Crippen molar-refractivity contribution < 1.29 is 23.5 Å². The van der Waals surface area contributed by atoms with Crippen LogP contribution in [0.3, 0.4) is 0 Å². The highest BCUT2D eigenvalue weighted by Gasteiger charge is 2.46. The molecule has 1 aliphatic heterocycles. The Balaban J connectivity index is 2.03. The maximum Gasteiger partial charge on any atom is 0.435 e. The van der Waals surface area contributed by atoms with Crippen LogP contribution in [0.4, 0.5) is 19.8 Å². The van der Waals surface area contributed by atoms with Gasteiger partial charge >= 0.3 is 11.5 Å². The van der Waals surface area contributed by atoms with E-state index >= 15 is 0 Å². The Morgan fingerprint density at radius 3 is 2.64 bits per heavy atom. The van der Waals surface area contributed by atoms with E-state index in [9.17, 15) is 18.8 Å². The van der Waals surface area contributed by atoms with E-state index in [1.165, 1.54) is 11.0 Å². The lowest BCUT2D eigenvalue weighted by Crippen LogP contribution is -2.39. The Morgan fingerprint density at radius 1 is 1.36 bits per heavy atom. The van der Waals surface area contributed by atoms with Crippen molar-refractivity contribution in [2.75, 3.05) is 11.9 Å². The van der Waals surface area contributed by atoms with Crippen molar-refractivity contribution in [1.82, 2.24) is 19.7 Å². The zero-order valence-corrected chi connectivity index (χ0v) is 16.1. The fraction of sp³-hybridized carbons (Fsp3) is 0.353. The number of hydrogen-bond acceptors (Lipinski definition) is 6. The molecule has 0 aromatic carbocycles. The van der Waals surface area contributed by atoms with Crippen molar-refractivity contribution in [1.29, 1.82) is 0 Å². The first-order valence-corrected chi connectivity index (χ1v) is 8.74. The van der Waals surface area contributed by atoms with Crippen molar-refractivity contribution >= 4 is 34.8 Å². The van der Waals surface area contributed by atoms with Gasteiger partial charge in [-0.1, -0.05) is 0 Å². The van der Waals surface area contributed by atoms with Crippen molar-refractivity contribution in [3.8, 4) is 0 Å². The highest BCUT2D eigenvalue weighted by molar-refractivity contribution is 6.62. The minimum atomic E-state index is -0.967. The minimum Gasteiger partial charge on any atom is -0.448 e. The highest BCUT2D eigenvalue weighted by atomic mass is 35.5. The van der Waals surface area contributed by atoms with Crippen LogP contribution in [0, 0.1) is 5.82 Å².